The zero-order chi connectivity index (χ0) is 18.1. The summed E-state index contributed by atoms with van der Waals surface area (Å²) in [4.78, 5) is 13.4. The van der Waals surface area contributed by atoms with E-state index in [-0.39, 0.29) is 10.5 Å². The Bertz CT molecular complexity index is 895. The predicted octanol–water partition coefficient (Wildman–Crippen LogP) is 4.45. The van der Waals surface area contributed by atoms with Gasteiger partial charge in [-0.1, -0.05) is 30.7 Å². The number of sulfone groups is 1. The zero-order valence-electron chi connectivity index (χ0n) is 13.5. The molecule has 2 aromatic carbocycles. The topological polar surface area (TPSA) is 54.5 Å². The van der Waals surface area contributed by atoms with Crippen LogP contribution in [-0.2, 0) is 16.3 Å². The van der Waals surface area contributed by atoms with Gasteiger partial charge in [0, 0.05) is 18.9 Å². The van der Waals surface area contributed by atoms with Crippen molar-refractivity contribution < 1.29 is 13.2 Å². The van der Waals surface area contributed by atoms with E-state index >= 15 is 0 Å². The molecule has 0 spiro atoms. The van der Waals surface area contributed by atoms with Gasteiger partial charge in [0.1, 0.15) is 0 Å². The molecule has 0 N–H and O–H groups in total. The Balaban J connectivity index is 2.77. The molecule has 128 valence electrons. The van der Waals surface area contributed by atoms with E-state index in [1.165, 1.54) is 6.07 Å². The third kappa shape index (κ3) is 3.74. The number of anilines is 2. The maximum Gasteiger partial charge on any atom is 0.252 e. The fourth-order valence-electron chi connectivity index (χ4n) is 2.50. The zero-order valence-corrected chi connectivity index (χ0v) is 15.8. The fraction of sp³-hybridized carbons (Fsp3) is 0.235. The molecule has 7 heteroatoms. The Morgan fingerprint density at radius 3 is 2.29 bits per heavy atom. The van der Waals surface area contributed by atoms with E-state index in [9.17, 15) is 13.2 Å². The van der Waals surface area contributed by atoms with Crippen molar-refractivity contribution in [2.45, 2.75) is 18.2 Å². The molecule has 0 saturated carbocycles. The highest BCUT2D eigenvalue weighted by atomic mass is 35.5. The van der Waals surface area contributed by atoms with Crippen molar-refractivity contribution in [3.05, 3.63) is 52.5 Å². The standard InChI is InChI=1S/C17H17Cl2NO3S/c1-4-11-9-15(20(2)14-8-6-5-7-13(14)18)16(24(3,22)23)10-12(11)17(19)21/h5-10H,4H2,1-3H3. The van der Waals surface area contributed by atoms with Gasteiger partial charge < -0.3 is 4.90 Å². The monoisotopic (exact) mass is 385 g/mol. The van der Waals surface area contributed by atoms with Gasteiger partial charge >= 0.3 is 0 Å². The first-order valence-electron chi connectivity index (χ1n) is 7.21. The van der Waals surface area contributed by atoms with Crippen LogP contribution in [0.15, 0.2) is 41.3 Å². The van der Waals surface area contributed by atoms with E-state index in [0.717, 1.165) is 6.26 Å². The molecule has 0 unspecified atom stereocenters. The number of rotatable bonds is 5. The van der Waals surface area contributed by atoms with Gasteiger partial charge in [-0.25, -0.2) is 8.42 Å². The number of nitrogens with zero attached hydrogens (tertiary/aromatic N) is 1. The lowest BCUT2D eigenvalue weighted by molar-refractivity contribution is 0.108. The quantitative estimate of drug-likeness (QED) is 0.713. The molecule has 2 aromatic rings. The smallest absolute Gasteiger partial charge is 0.252 e. The average Bonchev–Trinajstić information content (AvgIpc) is 2.52. The third-order valence-electron chi connectivity index (χ3n) is 3.75. The number of halogens is 2. The summed E-state index contributed by atoms with van der Waals surface area (Å²) in [6.45, 7) is 1.87. The molecule has 2 rings (SSSR count). The van der Waals surface area contributed by atoms with Crippen LogP contribution in [0.2, 0.25) is 5.02 Å². The van der Waals surface area contributed by atoms with Crippen LogP contribution in [0.5, 0.6) is 0 Å². The molecule has 0 aliphatic carbocycles. The maximum atomic E-state index is 12.2. The van der Waals surface area contributed by atoms with Crippen LogP contribution in [0, 0.1) is 0 Å². The summed E-state index contributed by atoms with van der Waals surface area (Å²) in [6, 6.07) is 10.1. The van der Waals surface area contributed by atoms with Crippen molar-refractivity contribution in [2.75, 3.05) is 18.2 Å². The van der Waals surface area contributed by atoms with Gasteiger partial charge in [0.15, 0.2) is 9.84 Å². The molecule has 0 atom stereocenters. The maximum absolute atomic E-state index is 12.2. The summed E-state index contributed by atoms with van der Waals surface area (Å²) in [6.07, 6.45) is 1.64. The first kappa shape index (κ1) is 18.8. The van der Waals surface area contributed by atoms with Crippen LogP contribution < -0.4 is 4.90 Å². The number of carbonyl (C=O) groups excluding carboxylic acids is 1. The van der Waals surface area contributed by atoms with Gasteiger partial charge in [0.05, 0.1) is 21.3 Å². The largest absolute Gasteiger partial charge is 0.342 e. The summed E-state index contributed by atoms with van der Waals surface area (Å²) in [5.41, 5.74) is 1.99. The van der Waals surface area contributed by atoms with Crippen molar-refractivity contribution in [3.63, 3.8) is 0 Å². The Hall–Kier alpha value is -1.56. The van der Waals surface area contributed by atoms with Crippen LogP contribution in [0.3, 0.4) is 0 Å². The van der Waals surface area contributed by atoms with E-state index in [4.69, 9.17) is 23.2 Å². The van der Waals surface area contributed by atoms with Crippen LogP contribution in [0.25, 0.3) is 0 Å². The van der Waals surface area contributed by atoms with Crippen molar-refractivity contribution in [2.24, 2.45) is 0 Å². The lowest BCUT2D eigenvalue weighted by atomic mass is 10.0. The first-order chi connectivity index (χ1) is 11.2. The number of para-hydroxylation sites is 1. The minimum absolute atomic E-state index is 0.0334. The van der Waals surface area contributed by atoms with Crippen molar-refractivity contribution >= 4 is 49.7 Å². The Kier molecular flexibility index (Phi) is 5.58. The number of benzene rings is 2. The Morgan fingerprint density at radius 1 is 1.17 bits per heavy atom. The molecule has 4 nitrogen and oxygen atoms in total. The van der Waals surface area contributed by atoms with Crippen LogP contribution >= 0.6 is 23.2 Å². The predicted molar refractivity (Wildman–Crippen MR) is 98.6 cm³/mol. The molecule has 0 saturated heterocycles. The second-order valence-corrected chi connectivity index (χ2v) is 8.12. The fourth-order valence-corrected chi connectivity index (χ4v) is 3.85. The van der Waals surface area contributed by atoms with Gasteiger partial charge in [-0.3, -0.25) is 4.79 Å². The summed E-state index contributed by atoms with van der Waals surface area (Å²) in [5, 5.41) is -0.182. The second kappa shape index (κ2) is 7.13. The molecule has 0 aliphatic rings. The van der Waals surface area contributed by atoms with Crippen LogP contribution in [0.1, 0.15) is 22.8 Å². The van der Waals surface area contributed by atoms with E-state index in [2.05, 4.69) is 0 Å². The molecule has 0 aromatic heterocycles. The summed E-state index contributed by atoms with van der Waals surface area (Å²) in [7, 11) is -1.85. The molecule has 0 fully saturated rings. The highest BCUT2D eigenvalue weighted by molar-refractivity contribution is 7.90. The summed E-state index contributed by atoms with van der Waals surface area (Å²) < 4.78 is 24.5. The number of hydrogen-bond donors (Lipinski definition) is 0. The Labute approximate surface area is 151 Å². The molecule has 0 heterocycles. The minimum atomic E-state index is -3.58. The lowest BCUT2D eigenvalue weighted by Crippen LogP contribution is -2.16. The molecule has 24 heavy (non-hydrogen) atoms. The molecule has 0 amide bonds. The van der Waals surface area contributed by atoms with Gasteiger partial charge in [0.25, 0.3) is 5.24 Å². The normalized spacial score (nSPS) is 11.4. The second-order valence-electron chi connectivity index (χ2n) is 5.39. The van der Waals surface area contributed by atoms with E-state index < -0.39 is 15.1 Å². The molecule has 0 bridgehead atoms. The summed E-state index contributed by atoms with van der Waals surface area (Å²) in [5.74, 6) is 0. The lowest BCUT2D eigenvalue weighted by Gasteiger charge is -2.24. The van der Waals surface area contributed by atoms with Gasteiger partial charge in [-0.2, -0.15) is 0 Å². The highest BCUT2D eigenvalue weighted by Gasteiger charge is 2.22. The van der Waals surface area contributed by atoms with E-state index in [1.807, 2.05) is 13.0 Å². The van der Waals surface area contributed by atoms with Crippen molar-refractivity contribution in [3.8, 4) is 0 Å². The minimum Gasteiger partial charge on any atom is -0.342 e. The molecule has 0 radical (unpaired) electrons. The molecular formula is C17H17Cl2NO3S. The third-order valence-corrected chi connectivity index (χ3v) is 5.40. The van der Waals surface area contributed by atoms with Crippen LogP contribution in [-0.4, -0.2) is 27.0 Å². The molecule has 0 aliphatic heterocycles. The number of hydrogen-bond acceptors (Lipinski definition) is 4. The van der Waals surface area contributed by atoms with Crippen LogP contribution in [0.4, 0.5) is 11.4 Å². The summed E-state index contributed by atoms with van der Waals surface area (Å²) >= 11 is 11.8. The van der Waals surface area contributed by atoms with Gasteiger partial charge in [-0.15, -0.1) is 0 Å². The van der Waals surface area contributed by atoms with Crippen molar-refractivity contribution in [1.82, 2.24) is 0 Å². The average molecular weight is 386 g/mol. The number of carbonyl (C=O) groups is 1. The number of aryl methyl sites for hydroxylation is 1. The molecular weight excluding hydrogens is 369 g/mol. The van der Waals surface area contributed by atoms with Gasteiger partial charge in [0.2, 0.25) is 0 Å². The Morgan fingerprint density at radius 2 is 1.79 bits per heavy atom. The van der Waals surface area contributed by atoms with E-state index in [0.29, 0.717) is 28.4 Å². The van der Waals surface area contributed by atoms with Crippen molar-refractivity contribution in [1.29, 1.82) is 0 Å². The van der Waals surface area contributed by atoms with E-state index in [1.54, 1.807) is 36.2 Å². The highest BCUT2D eigenvalue weighted by Crippen LogP contribution is 2.36. The SMILES string of the molecule is CCc1cc(N(C)c2ccccc2Cl)c(S(C)(=O)=O)cc1C(=O)Cl. The van der Waals surface area contributed by atoms with Gasteiger partial charge in [-0.05, 0) is 47.9 Å². The first-order valence-corrected chi connectivity index (χ1v) is 9.86.